The molecule has 0 heterocycles. The number of benzene rings is 2. The van der Waals surface area contributed by atoms with Crippen molar-refractivity contribution in [2.24, 2.45) is 0 Å². The summed E-state index contributed by atoms with van der Waals surface area (Å²) in [6, 6.07) is 10.8. The average molecular weight is 374 g/mol. The van der Waals surface area contributed by atoms with Crippen LogP contribution in [-0.4, -0.2) is 0 Å². The first kappa shape index (κ1) is 13.4. The molecule has 0 aromatic heterocycles. The summed E-state index contributed by atoms with van der Waals surface area (Å²) in [5, 5.41) is 3.19. The summed E-state index contributed by atoms with van der Waals surface area (Å²) in [7, 11) is 0. The number of hydrogen-bond donors (Lipinski definition) is 2. The van der Waals surface area contributed by atoms with Crippen molar-refractivity contribution in [3.63, 3.8) is 0 Å². The highest BCUT2D eigenvalue weighted by Gasteiger charge is 2.06. The summed E-state index contributed by atoms with van der Waals surface area (Å²) in [5.74, 6) is -0.362. The van der Waals surface area contributed by atoms with Crippen molar-refractivity contribution >= 4 is 43.2 Å². The topological polar surface area (TPSA) is 38.0 Å². The van der Waals surface area contributed by atoms with Gasteiger partial charge in [-0.2, -0.15) is 0 Å². The zero-order valence-electron chi connectivity index (χ0n) is 9.38. The highest BCUT2D eigenvalue weighted by molar-refractivity contribution is 9.10. The van der Waals surface area contributed by atoms with Crippen molar-refractivity contribution in [2.75, 3.05) is 11.1 Å². The fraction of sp³-hybridized carbons (Fsp3) is 0.0769. The summed E-state index contributed by atoms with van der Waals surface area (Å²) in [6.45, 7) is 0.615. The lowest BCUT2D eigenvalue weighted by Crippen LogP contribution is -2.03. The minimum Gasteiger partial charge on any atom is -0.397 e. The molecule has 0 saturated carbocycles. The molecule has 0 aliphatic heterocycles. The third-order valence-corrected chi connectivity index (χ3v) is 3.90. The molecule has 0 aliphatic carbocycles. The number of hydrogen-bond acceptors (Lipinski definition) is 2. The maximum atomic E-state index is 13.2. The quantitative estimate of drug-likeness (QED) is 0.775. The van der Waals surface area contributed by atoms with Gasteiger partial charge in [-0.15, -0.1) is 0 Å². The third kappa shape index (κ3) is 3.03. The Morgan fingerprint density at radius 2 is 1.83 bits per heavy atom. The molecular weight excluding hydrogens is 363 g/mol. The van der Waals surface area contributed by atoms with Crippen LogP contribution in [0.1, 0.15) is 5.56 Å². The number of nitrogen functional groups attached to an aromatic ring is 1. The van der Waals surface area contributed by atoms with Crippen molar-refractivity contribution in [3.8, 4) is 0 Å². The van der Waals surface area contributed by atoms with E-state index >= 15 is 0 Å². The van der Waals surface area contributed by atoms with Crippen LogP contribution in [0.25, 0.3) is 0 Å². The Labute approximate surface area is 122 Å². The second-order valence-corrected chi connectivity index (χ2v) is 5.51. The molecule has 5 heteroatoms. The second-order valence-electron chi connectivity index (χ2n) is 3.80. The van der Waals surface area contributed by atoms with Crippen molar-refractivity contribution in [1.29, 1.82) is 0 Å². The zero-order chi connectivity index (χ0) is 13.1. The van der Waals surface area contributed by atoms with Crippen molar-refractivity contribution in [1.82, 2.24) is 0 Å². The standard InChI is InChI=1S/C13H11Br2FN2/c14-9-4-2-1-3-8(9)7-18-13-5-10(15)11(16)6-12(13)17/h1-6,18H,7,17H2. The molecule has 2 aromatic carbocycles. The van der Waals surface area contributed by atoms with E-state index in [1.54, 1.807) is 6.07 Å². The van der Waals surface area contributed by atoms with Gasteiger partial charge in [0.25, 0.3) is 0 Å². The van der Waals surface area contributed by atoms with E-state index in [9.17, 15) is 4.39 Å². The summed E-state index contributed by atoms with van der Waals surface area (Å²) < 4.78 is 14.6. The largest absolute Gasteiger partial charge is 0.397 e. The first-order valence-corrected chi connectivity index (χ1v) is 6.88. The van der Waals surface area contributed by atoms with E-state index < -0.39 is 0 Å². The van der Waals surface area contributed by atoms with Crippen LogP contribution < -0.4 is 11.1 Å². The molecule has 2 rings (SSSR count). The molecule has 2 aromatic rings. The molecule has 2 nitrogen and oxygen atoms in total. The molecule has 0 radical (unpaired) electrons. The number of nitrogens with one attached hydrogen (secondary N) is 1. The molecule has 0 atom stereocenters. The van der Waals surface area contributed by atoms with E-state index in [1.807, 2.05) is 24.3 Å². The molecule has 3 N–H and O–H groups in total. The molecule has 0 fully saturated rings. The molecule has 0 aliphatic rings. The Balaban J connectivity index is 2.16. The SMILES string of the molecule is Nc1cc(F)c(Br)cc1NCc1ccccc1Br. The predicted molar refractivity (Wildman–Crippen MR) is 80.0 cm³/mol. The van der Waals surface area contributed by atoms with Gasteiger partial charge in [-0.05, 0) is 33.6 Å². The summed E-state index contributed by atoms with van der Waals surface area (Å²) in [5.41, 5.74) is 7.96. The fourth-order valence-electron chi connectivity index (χ4n) is 1.55. The van der Waals surface area contributed by atoms with Crippen LogP contribution in [0.5, 0.6) is 0 Å². The monoisotopic (exact) mass is 372 g/mol. The normalized spacial score (nSPS) is 10.4. The number of rotatable bonds is 3. The van der Waals surface area contributed by atoms with E-state index in [2.05, 4.69) is 37.2 Å². The van der Waals surface area contributed by atoms with Gasteiger partial charge in [0.15, 0.2) is 0 Å². The Morgan fingerprint density at radius 3 is 2.56 bits per heavy atom. The van der Waals surface area contributed by atoms with Crippen molar-refractivity contribution < 1.29 is 4.39 Å². The van der Waals surface area contributed by atoms with Gasteiger partial charge in [-0.3, -0.25) is 0 Å². The van der Waals surface area contributed by atoms with Gasteiger partial charge in [0.1, 0.15) is 5.82 Å². The Morgan fingerprint density at radius 1 is 1.11 bits per heavy atom. The molecule has 0 unspecified atom stereocenters. The zero-order valence-corrected chi connectivity index (χ0v) is 12.6. The smallest absolute Gasteiger partial charge is 0.139 e. The maximum absolute atomic E-state index is 13.2. The van der Waals surface area contributed by atoms with Crippen molar-refractivity contribution in [3.05, 3.63) is 56.7 Å². The predicted octanol–water partition coefficient (Wildman–Crippen LogP) is 4.55. The minimum atomic E-state index is -0.362. The van der Waals surface area contributed by atoms with Gasteiger partial charge in [-0.1, -0.05) is 34.1 Å². The molecule has 0 spiro atoms. The van der Waals surface area contributed by atoms with Gasteiger partial charge >= 0.3 is 0 Å². The highest BCUT2D eigenvalue weighted by atomic mass is 79.9. The van der Waals surface area contributed by atoms with Gasteiger partial charge in [0, 0.05) is 17.1 Å². The van der Waals surface area contributed by atoms with Gasteiger partial charge in [0.2, 0.25) is 0 Å². The summed E-state index contributed by atoms with van der Waals surface area (Å²) in [6.07, 6.45) is 0. The van der Waals surface area contributed by atoms with E-state index in [4.69, 9.17) is 5.73 Å². The van der Waals surface area contributed by atoms with E-state index in [-0.39, 0.29) is 5.82 Å². The van der Waals surface area contributed by atoms with Crippen LogP contribution in [0.3, 0.4) is 0 Å². The first-order chi connectivity index (χ1) is 8.58. The first-order valence-electron chi connectivity index (χ1n) is 5.29. The van der Waals surface area contributed by atoms with Crippen LogP contribution >= 0.6 is 31.9 Å². The van der Waals surface area contributed by atoms with Gasteiger partial charge in [0.05, 0.1) is 15.8 Å². The number of anilines is 2. The van der Waals surface area contributed by atoms with Crippen LogP contribution in [0.4, 0.5) is 15.8 Å². The summed E-state index contributed by atoms with van der Waals surface area (Å²) in [4.78, 5) is 0. The summed E-state index contributed by atoms with van der Waals surface area (Å²) >= 11 is 6.62. The lowest BCUT2D eigenvalue weighted by molar-refractivity contribution is 0.622. The maximum Gasteiger partial charge on any atom is 0.139 e. The van der Waals surface area contributed by atoms with Crippen LogP contribution in [0.15, 0.2) is 45.3 Å². The third-order valence-electron chi connectivity index (χ3n) is 2.52. The molecular formula is C13H11Br2FN2. The number of halogens is 3. The van der Waals surface area contributed by atoms with E-state index in [0.29, 0.717) is 22.4 Å². The lowest BCUT2D eigenvalue weighted by atomic mass is 10.2. The lowest BCUT2D eigenvalue weighted by Gasteiger charge is -2.11. The Hall–Kier alpha value is -1.07. The van der Waals surface area contributed by atoms with Crippen LogP contribution in [0.2, 0.25) is 0 Å². The molecule has 94 valence electrons. The van der Waals surface area contributed by atoms with Gasteiger partial charge in [-0.25, -0.2) is 4.39 Å². The highest BCUT2D eigenvalue weighted by Crippen LogP contribution is 2.27. The van der Waals surface area contributed by atoms with Gasteiger partial charge < -0.3 is 11.1 Å². The van der Waals surface area contributed by atoms with Crippen LogP contribution in [0, 0.1) is 5.82 Å². The fourth-order valence-corrected chi connectivity index (χ4v) is 2.32. The van der Waals surface area contributed by atoms with E-state index in [1.165, 1.54) is 6.07 Å². The molecule has 0 amide bonds. The van der Waals surface area contributed by atoms with Crippen LogP contribution in [-0.2, 0) is 6.54 Å². The van der Waals surface area contributed by atoms with E-state index in [0.717, 1.165) is 10.0 Å². The Kier molecular flexibility index (Phi) is 4.24. The minimum absolute atomic E-state index is 0.362. The molecule has 0 saturated heterocycles. The average Bonchev–Trinajstić information content (AvgIpc) is 2.34. The number of nitrogens with two attached hydrogens (primary N) is 1. The second kappa shape index (κ2) is 5.71. The molecule has 0 bridgehead atoms. The van der Waals surface area contributed by atoms with Crippen molar-refractivity contribution in [2.45, 2.75) is 6.54 Å². The Bertz CT molecular complexity index is 573. The molecule has 18 heavy (non-hydrogen) atoms.